The number of likely N-dealkylation sites (N-methyl/N-ethyl adjacent to an activating group) is 2. The molecule has 2 fully saturated rings. The van der Waals surface area contributed by atoms with E-state index in [9.17, 15) is 9.90 Å². The molecule has 5 heteroatoms. The zero-order chi connectivity index (χ0) is 13.8. The Morgan fingerprint density at radius 1 is 1.47 bits per heavy atom. The van der Waals surface area contributed by atoms with Gasteiger partial charge in [-0.25, -0.2) is 0 Å². The maximum atomic E-state index is 11.2. The highest BCUT2D eigenvalue weighted by Crippen LogP contribution is 2.20. The van der Waals surface area contributed by atoms with Gasteiger partial charge < -0.3 is 20.2 Å². The van der Waals surface area contributed by atoms with Gasteiger partial charge in [-0.1, -0.05) is 0 Å². The fourth-order valence-corrected chi connectivity index (χ4v) is 2.83. The summed E-state index contributed by atoms with van der Waals surface area (Å²) in [6.07, 6.45) is 5.44. The van der Waals surface area contributed by atoms with Crippen LogP contribution in [0.3, 0.4) is 0 Å². The Kier molecular flexibility index (Phi) is 5.19. The van der Waals surface area contributed by atoms with Gasteiger partial charge in [0, 0.05) is 25.2 Å². The van der Waals surface area contributed by atoms with Crippen LogP contribution in [0.1, 0.15) is 32.1 Å². The molecule has 1 saturated carbocycles. The van der Waals surface area contributed by atoms with Gasteiger partial charge in [0.25, 0.3) is 0 Å². The lowest BCUT2D eigenvalue weighted by Crippen LogP contribution is -2.47. The number of piperidine rings is 1. The number of hydrogen-bond acceptors (Lipinski definition) is 4. The molecule has 0 spiro atoms. The van der Waals surface area contributed by atoms with Crippen molar-refractivity contribution in [1.29, 1.82) is 0 Å². The maximum Gasteiger partial charge on any atom is 0.320 e. The molecule has 1 aliphatic carbocycles. The molecule has 1 saturated heterocycles. The first-order valence-corrected chi connectivity index (χ1v) is 7.44. The molecule has 0 aromatic carbocycles. The molecule has 2 aliphatic rings. The normalized spacial score (nSPS) is 26.6. The van der Waals surface area contributed by atoms with Gasteiger partial charge in [-0.05, 0) is 52.7 Å². The number of rotatable bonds is 7. The second-order valence-electron chi connectivity index (χ2n) is 6.16. The minimum atomic E-state index is -0.707. The molecule has 2 unspecified atom stereocenters. The van der Waals surface area contributed by atoms with Crippen LogP contribution in [0.25, 0.3) is 0 Å². The maximum absolute atomic E-state index is 11.2. The molecule has 0 aromatic heterocycles. The molecule has 19 heavy (non-hydrogen) atoms. The molecule has 5 nitrogen and oxygen atoms in total. The quantitative estimate of drug-likeness (QED) is 0.709. The van der Waals surface area contributed by atoms with Crippen molar-refractivity contribution >= 4 is 5.97 Å². The average Bonchev–Trinajstić information content (AvgIpc) is 3.17. The lowest BCUT2D eigenvalue weighted by atomic mass is 10.0. The monoisotopic (exact) mass is 269 g/mol. The van der Waals surface area contributed by atoms with Crippen LogP contribution in [0.4, 0.5) is 0 Å². The first-order valence-electron chi connectivity index (χ1n) is 7.44. The van der Waals surface area contributed by atoms with Crippen LogP contribution in [0.15, 0.2) is 0 Å². The number of nitrogens with one attached hydrogen (secondary N) is 1. The van der Waals surface area contributed by atoms with Gasteiger partial charge in [0.05, 0.1) is 0 Å². The standard InChI is InChI=1S/C14H27N3O2/c1-16-8-3-4-12(10-16)17(2)9-7-13(14(18)19)15-11-5-6-11/h11-13,15H,3-10H2,1-2H3,(H,18,19). The van der Waals surface area contributed by atoms with E-state index >= 15 is 0 Å². The van der Waals surface area contributed by atoms with Crippen LogP contribution < -0.4 is 5.32 Å². The molecule has 2 atom stereocenters. The van der Waals surface area contributed by atoms with Gasteiger partial charge in [0.15, 0.2) is 0 Å². The van der Waals surface area contributed by atoms with Crippen molar-refractivity contribution in [2.24, 2.45) is 0 Å². The van der Waals surface area contributed by atoms with Crippen molar-refractivity contribution in [3.63, 3.8) is 0 Å². The minimum absolute atomic E-state index is 0.378. The number of likely N-dealkylation sites (tertiary alicyclic amines) is 1. The summed E-state index contributed by atoms with van der Waals surface area (Å²) >= 11 is 0. The summed E-state index contributed by atoms with van der Waals surface area (Å²) in [6.45, 7) is 3.14. The number of hydrogen-bond donors (Lipinski definition) is 2. The van der Waals surface area contributed by atoms with Crippen molar-refractivity contribution < 1.29 is 9.90 Å². The predicted octanol–water partition coefficient (Wildman–Crippen LogP) is 0.608. The summed E-state index contributed by atoms with van der Waals surface area (Å²) in [4.78, 5) is 15.9. The van der Waals surface area contributed by atoms with Crippen molar-refractivity contribution in [2.45, 2.75) is 50.2 Å². The summed E-state index contributed by atoms with van der Waals surface area (Å²) in [5.74, 6) is -0.707. The van der Waals surface area contributed by atoms with Crippen LogP contribution in [0, 0.1) is 0 Å². The third-order valence-corrected chi connectivity index (χ3v) is 4.31. The molecule has 1 heterocycles. The third-order valence-electron chi connectivity index (χ3n) is 4.31. The molecular formula is C14H27N3O2. The fourth-order valence-electron chi connectivity index (χ4n) is 2.83. The molecular weight excluding hydrogens is 242 g/mol. The first kappa shape index (κ1) is 14.8. The summed E-state index contributed by atoms with van der Waals surface area (Å²) in [5.41, 5.74) is 0. The van der Waals surface area contributed by atoms with Crippen molar-refractivity contribution in [1.82, 2.24) is 15.1 Å². The molecule has 0 bridgehead atoms. The van der Waals surface area contributed by atoms with Crippen molar-refractivity contribution in [3.05, 3.63) is 0 Å². The van der Waals surface area contributed by atoms with Gasteiger partial charge >= 0.3 is 5.97 Å². The van der Waals surface area contributed by atoms with Gasteiger partial charge in [-0.3, -0.25) is 4.79 Å². The molecule has 2 N–H and O–H groups in total. The Balaban J connectivity index is 1.73. The highest BCUT2D eigenvalue weighted by Gasteiger charge is 2.29. The lowest BCUT2D eigenvalue weighted by molar-refractivity contribution is -0.139. The Bertz CT molecular complexity index is 307. The number of carboxylic acid groups (broad SMARTS) is 1. The van der Waals surface area contributed by atoms with E-state index in [2.05, 4.69) is 29.2 Å². The second-order valence-corrected chi connectivity index (χ2v) is 6.16. The fraction of sp³-hybridized carbons (Fsp3) is 0.929. The highest BCUT2D eigenvalue weighted by molar-refractivity contribution is 5.73. The first-order chi connectivity index (χ1) is 9.06. The molecule has 1 aliphatic heterocycles. The Hall–Kier alpha value is -0.650. The van der Waals surface area contributed by atoms with Crippen LogP contribution in [-0.2, 0) is 4.79 Å². The topological polar surface area (TPSA) is 55.8 Å². The minimum Gasteiger partial charge on any atom is -0.480 e. The van der Waals surface area contributed by atoms with E-state index in [1.165, 1.54) is 19.4 Å². The largest absolute Gasteiger partial charge is 0.480 e. The predicted molar refractivity (Wildman–Crippen MR) is 75.3 cm³/mol. The molecule has 0 amide bonds. The van der Waals surface area contributed by atoms with Gasteiger partial charge in [-0.2, -0.15) is 0 Å². The van der Waals surface area contributed by atoms with Crippen molar-refractivity contribution in [2.75, 3.05) is 33.7 Å². The SMILES string of the molecule is CN1CCCC(N(C)CCC(NC2CC2)C(=O)O)C1. The van der Waals surface area contributed by atoms with E-state index in [-0.39, 0.29) is 6.04 Å². The van der Waals surface area contributed by atoms with E-state index in [0.29, 0.717) is 18.5 Å². The number of carboxylic acids is 1. The summed E-state index contributed by atoms with van der Waals surface area (Å²) in [5, 5.41) is 12.4. The number of aliphatic carboxylic acids is 1. The summed E-state index contributed by atoms with van der Waals surface area (Å²) < 4.78 is 0. The van der Waals surface area contributed by atoms with Crippen molar-refractivity contribution in [3.8, 4) is 0 Å². The Morgan fingerprint density at radius 2 is 2.21 bits per heavy atom. The molecule has 2 rings (SSSR count). The second kappa shape index (κ2) is 6.68. The van der Waals surface area contributed by atoms with Crippen LogP contribution >= 0.6 is 0 Å². The van der Waals surface area contributed by atoms with E-state index in [0.717, 1.165) is 25.9 Å². The van der Waals surface area contributed by atoms with E-state index in [1.807, 2.05) is 0 Å². The summed E-state index contributed by atoms with van der Waals surface area (Å²) in [7, 11) is 4.29. The van der Waals surface area contributed by atoms with Crippen LogP contribution in [0.5, 0.6) is 0 Å². The Labute approximate surface area is 115 Å². The molecule has 0 radical (unpaired) electrons. The Morgan fingerprint density at radius 3 is 2.79 bits per heavy atom. The van der Waals surface area contributed by atoms with Gasteiger partial charge in [0.1, 0.15) is 6.04 Å². The summed E-state index contributed by atoms with van der Waals surface area (Å²) in [6, 6.07) is 0.651. The molecule has 110 valence electrons. The van der Waals surface area contributed by atoms with Gasteiger partial charge in [-0.15, -0.1) is 0 Å². The van der Waals surface area contributed by atoms with Gasteiger partial charge in [0.2, 0.25) is 0 Å². The smallest absolute Gasteiger partial charge is 0.320 e. The molecule has 0 aromatic rings. The lowest BCUT2D eigenvalue weighted by Gasteiger charge is -2.36. The van der Waals surface area contributed by atoms with E-state index in [4.69, 9.17) is 0 Å². The zero-order valence-corrected chi connectivity index (χ0v) is 12.1. The van der Waals surface area contributed by atoms with E-state index in [1.54, 1.807) is 0 Å². The van der Waals surface area contributed by atoms with E-state index < -0.39 is 5.97 Å². The van der Waals surface area contributed by atoms with Crippen LogP contribution in [-0.4, -0.2) is 72.7 Å². The zero-order valence-electron chi connectivity index (χ0n) is 12.1. The average molecular weight is 269 g/mol. The number of nitrogens with zero attached hydrogens (tertiary/aromatic N) is 2. The number of carbonyl (C=O) groups is 1. The third kappa shape index (κ3) is 4.75. The van der Waals surface area contributed by atoms with Crippen LogP contribution in [0.2, 0.25) is 0 Å². The highest BCUT2D eigenvalue weighted by atomic mass is 16.4.